The summed E-state index contributed by atoms with van der Waals surface area (Å²) in [5.41, 5.74) is 0. The summed E-state index contributed by atoms with van der Waals surface area (Å²) in [4.78, 5) is 11.9. The summed E-state index contributed by atoms with van der Waals surface area (Å²) in [7, 11) is 0. The largest absolute Gasteiger partial charge is 0.463 e. The van der Waals surface area contributed by atoms with Crippen LogP contribution >= 0.6 is 0 Å². The van der Waals surface area contributed by atoms with Crippen molar-refractivity contribution in [3.05, 3.63) is 0 Å². The molecular formula is C37H74O11. The molecule has 0 aromatic carbocycles. The number of esters is 1. The van der Waals surface area contributed by atoms with Crippen molar-refractivity contribution in [3.63, 3.8) is 0 Å². The Morgan fingerprint density at radius 3 is 0.896 bits per heavy atom. The van der Waals surface area contributed by atoms with Gasteiger partial charge in [-0.1, -0.05) is 103 Å². The van der Waals surface area contributed by atoms with Gasteiger partial charge in [0.25, 0.3) is 0 Å². The van der Waals surface area contributed by atoms with Gasteiger partial charge in [0.15, 0.2) is 0 Å². The van der Waals surface area contributed by atoms with Gasteiger partial charge in [0.2, 0.25) is 0 Å². The molecule has 0 fully saturated rings. The van der Waals surface area contributed by atoms with Gasteiger partial charge in [-0.3, -0.25) is 4.79 Å². The molecule has 288 valence electrons. The number of hydrogen-bond donors (Lipinski definition) is 1. The fourth-order valence-corrected chi connectivity index (χ4v) is 4.81. The van der Waals surface area contributed by atoms with Gasteiger partial charge in [-0.2, -0.15) is 0 Å². The maximum absolute atomic E-state index is 11.9. The van der Waals surface area contributed by atoms with E-state index in [1.807, 2.05) is 0 Å². The normalized spacial score (nSPS) is 11.5. The van der Waals surface area contributed by atoms with Crippen LogP contribution in [0.5, 0.6) is 0 Å². The molecule has 0 aliphatic carbocycles. The zero-order valence-electron chi connectivity index (χ0n) is 30.8. The number of ether oxygens (including phenoxy) is 9. The third-order valence-corrected chi connectivity index (χ3v) is 7.56. The second-order valence-electron chi connectivity index (χ2n) is 11.9. The van der Waals surface area contributed by atoms with Gasteiger partial charge in [-0.05, 0) is 6.42 Å². The summed E-state index contributed by atoms with van der Waals surface area (Å²) in [5.74, 6) is -0.129. The molecule has 0 aromatic rings. The summed E-state index contributed by atoms with van der Waals surface area (Å²) < 4.78 is 48.4. The van der Waals surface area contributed by atoms with Crippen molar-refractivity contribution in [2.75, 3.05) is 119 Å². The van der Waals surface area contributed by atoms with Crippen LogP contribution in [0.2, 0.25) is 0 Å². The molecule has 0 aromatic heterocycles. The lowest BCUT2D eigenvalue weighted by Crippen LogP contribution is -2.15. The highest BCUT2D eigenvalue weighted by Crippen LogP contribution is 2.14. The molecular weight excluding hydrogens is 620 g/mol. The number of rotatable bonds is 43. The first-order valence-corrected chi connectivity index (χ1v) is 19.2. The number of carbonyl (C=O) groups excluding carboxylic acids is 1. The van der Waals surface area contributed by atoms with Crippen LogP contribution in [0.25, 0.3) is 0 Å². The first-order valence-electron chi connectivity index (χ1n) is 19.2. The van der Waals surface area contributed by atoms with E-state index in [1.165, 1.54) is 89.9 Å². The van der Waals surface area contributed by atoms with Gasteiger partial charge in [-0.15, -0.1) is 0 Å². The molecule has 0 saturated heterocycles. The quantitative estimate of drug-likeness (QED) is 0.0572. The SMILES string of the molecule is CCCCCCCCCCCCCCCCCCC(=O)OCCOCCOCCOCCOCCOCCOCCOCCOCCO. The number of carbonyl (C=O) groups is 1. The lowest BCUT2D eigenvalue weighted by Gasteiger charge is -2.09. The molecule has 11 nitrogen and oxygen atoms in total. The summed E-state index contributed by atoms with van der Waals surface area (Å²) in [6.45, 7) is 10.2. The average molecular weight is 695 g/mol. The number of aliphatic hydroxyl groups excluding tert-OH is 1. The van der Waals surface area contributed by atoms with E-state index < -0.39 is 0 Å². The highest BCUT2D eigenvalue weighted by Gasteiger charge is 2.03. The fourth-order valence-electron chi connectivity index (χ4n) is 4.81. The molecule has 11 heteroatoms. The summed E-state index contributed by atoms with van der Waals surface area (Å²) >= 11 is 0. The van der Waals surface area contributed by atoms with E-state index in [2.05, 4.69) is 6.92 Å². The Kier molecular flexibility index (Phi) is 43.3. The average Bonchev–Trinajstić information content (AvgIpc) is 3.09. The predicted molar refractivity (Wildman–Crippen MR) is 189 cm³/mol. The molecule has 48 heavy (non-hydrogen) atoms. The molecule has 0 spiro atoms. The van der Waals surface area contributed by atoms with Crippen LogP contribution in [0, 0.1) is 0 Å². The zero-order chi connectivity index (χ0) is 34.7. The molecule has 0 radical (unpaired) electrons. The van der Waals surface area contributed by atoms with Gasteiger partial charge in [0.05, 0.1) is 112 Å². The molecule has 0 atom stereocenters. The van der Waals surface area contributed by atoms with Gasteiger partial charge in [0, 0.05) is 6.42 Å². The fraction of sp³-hybridized carbons (Fsp3) is 0.973. The first-order chi connectivity index (χ1) is 23.8. The van der Waals surface area contributed by atoms with Crippen LogP contribution < -0.4 is 0 Å². The smallest absolute Gasteiger partial charge is 0.305 e. The molecule has 0 heterocycles. The Balaban J connectivity index is 3.13. The van der Waals surface area contributed by atoms with Crippen LogP contribution in [-0.4, -0.2) is 130 Å². The first kappa shape index (κ1) is 47.1. The minimum Gasteiger partial charge on any atom is -0.463 e. The van der Waals surface area contributed by atoms with E-state index in [4.69, 9.17) is 47.7 Å². The highest BCUT2D eigenvalue weighted by molar-refractivity contribution is 5.69. The lowest BCUT2D eigenvalue weighted by atomic mass is 10.0. The van der Waals surface area contributed by atoms with E-state index in [1.54, 1.807) is 0 Å². The highest BCUT2D eigenvalue weighted by atomic mass is 16.6. The number of aliphatic hydroxyl groups is 1. The van der Waals surface area contributed by atoms with Crippen LogP contribution in [0.1, 0.15) is 116 Å². The Morgan fingerprint density at radius 2 is 0.604 bits per heavy atom. The third kappa shape index (κ3) is 43.1. The molecule has 0 rings (SSSR count). The minimum absolute atomic E-state index is 0.0258. The maximum Gasteiger partial charge on any atom is 0.305 e. The van der Waals surface area contributed by atoms with E-state index >= 15 is 0 Å². The van der Waals surface area contributed by atoms with Crippen LogP contribution in [-0.2, 0) is 47.4 Å². The number of unbranched alkanes of at least 4 members (excludes halogenated alkanes) is 15. The summed E-state index contributed by atoms with van der Waals surface area (Å²) in [6, 6.07) is 0. The van der Waals surface area contributed by atoms with Gasteiger partial charge in [-0.25, -0.2) is 0 Å². The number of hydrogen-bond acceptors (Lipinski definition) is 11. The maximum atomic E-state index is 11.9. The van der Waals surface area contributed by atoms with Crippen molar-refractivity contribution in [2.24, 2.45) is 0 Å². The molecule has 0 saturated carbocycles. The molecule has 0 amide bonds. The van der Waals surface area contributed by atoms with Crippen LogP contribution in [0.15, 0.2) is 0 Å². The monoisotopic (exact) mass is 695 g/mol. The molecule has 0 unspecified atom stereocenters. The topological polar surface area (TPSA) is 120 Å². The van der Waals surface area contributed by atoms with E-state index in [-0.39, 0.29) is 12.6 Å². The van der Waals surface area contributed by atoms with E-state index in [0.717, 1.165) is 12.8 Å². The standard InChI is InChI=1S/C37H74O11/c1-2-3-4-5-6-7-8-9-10-11-12-13-14-15-16-17-18-37(39)48-36-35-47-34-33-46-32-31-45-30-29-44-28-27-43-26-25-42-24-23-41-22-21-40-20-19-38/h38H,2-36H2,1H3. The van der Waals surface area contributed by atoms with Gasteiger partial charge < -0.3 is 47.7 Å². The third-order valence-electron chi connectivity index (χ3n) is 7.56. The second-order valence-corrected chi connectivity index (χ2v) is 11.9. The van der Waals surface area contributed by atoms with Crippen molar-refractivity contribution in [1.82, 2.24) is 0 Å². The summed E-state index contributed by atoms with van der Waals surface area (Å²) in [6.07, 6.45) is 21.7. The molecule has 0 aliphatic heterocycles. The molecule has 0 bridgehead atoms. The van der Waals surface area contributed by atoms with Crippen LogP contribution in [0.4, 0.5) is 0 Å². The lowest BCUT2D eigenvalue weighted by molar-refractivity contribution is -0.145. The van der Waals surface area contributed by atoms with Crippen molar-refractivity contribution in [2.45, 2.75) is 116 Å². The van der Waals surface area contributed by atoms with Gasteiger partial charge in [0.1, 0.15) is 6.61 Å². The van der Waals surface area contributed by atoms with Crippen LogP contribution in [0.3, 0.4) is 0 Å². The van der Waals surface area contributed by atoms with Crippen molar-refractivity contribution >= 4 is 5.97 Å². The summed E-state index contributed by atoms with van der Waals surface area (Å²) in [5, 5.41) is 8.59. The van der Waals surface area contributed by atoms with E-state index in [9.17, 15) is 4.79 Å². The molecule has 1 N–H and O–H groups in total. The Morgan fingerprint density at radius 1 is 0.354 bits per heavy atom. The zero-order valence-corrected chi connectivity index (χ0v) is 30.8. The minimum atomic E-state index is -0.129. The Labute approximate surface area is 293 Å². The van der Waals surface area contributed by atoms with Crippen molar-refractivity contribution in [1.29, 1.82) is 0 Å². The van der Waals surface area contributed by atoms with Gasteiger partial charge >= 0.3 is 5.97 Å². The second kappa shape index (κ2) is 44.1. The van der Waals surface area contributed by atoms with Crippen molar-refractivity contribution < 1.29 is 52.5 Å². The Hall–Kier alpha value is -0.890. The van der Waals surface area contributed by atoms with Crippen molar-refractivity contribution in [3.8, 4) is 0 Å². The predicted octanol–water partition coefficient (Wildman–Crippen LogP) is 6.31. The molecule has 0 aliphatic rings. The van der Waals surface area contributed by atoms with E-state index in [0.29, 0.717) is 119 Å². The Bertz CT molecular complexity index is 598.